The Morgan fingerprint density at radius 3 is 2.71 bits per heavy atom. The molecule has 0 atom stereocenters. The molecule has 1 aliphatic heterocycles. The number of amides is 1. The lowest BCUT2D eigenvalue weighted by Crippen LogP contribution is -2.44. The average molecular weight is 446 g/mol. The number of fused-ring (bicyclic) bond motifs is 1. The van der Waals surface area contributed by atoms with Gasteiger partial charge in [0.2, 0.25) is 5.91 Å². The molecular formula is C23H31N3O4S. The number of imidazole rings is 1. The molecule has 0 saturated heterocycles. The van der Waals surface area contributed by atoms with Crippen LogP contribution < -0.4 is 14.8 Å². The van der Waals surface area contributed by atoms with E-state index in [1.54, 1.807) is 7.11 Å². The molecule has 1 aliphatic carbocycles. The zero-order chi connectivity index (χ0) is 21.8. The van der Waals surface area contributed by atoms with Gasteiger partial charge in [-0.25, -0.2) is 4.98 Å². The van der Waals surface area contributed by atoms with Crippen LogP contribution in [0, 0.1) is 13.8 Å². The molecule has 8 heteroatoms. The van der Waals surface area contributed by atoms with Gasteiger partial charge in [-0.15, -0.1) is 0 Å². The molecule has 1 aromatic carbocycles. The maximum atomic E-state index is 13.0. The molecule has 31 heavy (non-hydrogen) atoms. The van der Waals surface area contributed by atoms with E-state index in [0.717, 1.165) is 65.8 Å². The Bertz CT molecular complexity index is 937. The maximum absolute atomic E-state index is 13.0. The molecule has 1 aromatic heterocycles. The van der Waals surface area contributed by atoms with Gasteiger partial charge in [-0.1, -0.05) is 30.7 Å². The van der Waals surface area contributed by atoms with Gasteiger partial charge in [-0.05, 0) is 44.4 Å². The lowest BCUT2D eigenvalue weighted by atomic mass is 9.87. The number of aryl methyl sites for hydroxylation is 1. The summed E-state index contributed by atoms with van der Waals surface area (Å²) >= 11 is 1.48. The van der Waals surface area contributed by atoms with Crippen LogP contribution in [0.3, 0.4) is 0 Å². The second-order valence-electron chi connectivity index (χ2n) is 8.19. The number of hydrogen-bond donors (Lipinski definition) is 1. The van der Waals surface area contributed by atoms with Crippen molar-refractivity contribution in [2.75, 3.05) is 32.7 Å². The van der Waals surface area contributed by atoms with Gasteiger partial charge < -0.3 is 24.1 Å². The molecule has 2 heterocycles. The summed E-state index contributed by atoms with van der Waals surface area (Å²) < 4.78 is 18.8. The fourth-order valence-electron chi connectivity index (χ4n) is 4.42. The van der Waals surface area contributed by atoms with Crippen LogP contribution in [-0.2, 0) is 21.6 Å². The van der Waals surface area contributed by atoms with Gasteiger partial charge >= 0.3 is 0 Å². The van der Waals surface area contributed by atoms with Crippen molar-refractivity contribution in [1.82, 2.24) is 14.9 Å². The van der Waals surface area contributed by atoms with Crippen molar-refractivity contribution < 1.29 is 19.0 Å². The van der Waals surface area contributed by atoms with Gasteiger partial charge in [0.1, 0.15) is 13.2 Å². The first-order valence-corrected chi connectivity index (χ1v) is 11.9. The summed E-state index contributed by atoms with van der Waals surface area (Å²) in [5.74, 6) is 1.90. The maximum Gasteiger partial charge on any atom is 0.231 e. The minimum Gasteiger partial charge on any atom is -0.486 e. The molecular weight excluding hydrogens is 414 g/mol. The number of carbonyl (C=O) groups excluding carboxylic acids is 1. The molecule has 1 N–H and O–H groups in total. The number of rotatable bonds is 8. The van der Waals surface area contributed by atoms with Crippen LogP contribution in [0.5, 0.6) is 11.5 Å². The first-order chi connectivity index (χ1) is 15.0. The lowest BCUT2D eigenvalue weighted by molar-refractivity contribution is -0.120. The number of nitrogens with zero attached hydrogens (tertiary/aromatic N) is 2. The van der Waals surface area contributed by atoms with Crippen LogP contribution in [0.2, 0.25) is 0 Å². The van der Waals surface area contributed by atoms with Gasteiger partial charge in [-0.3, -0.25) is 4.79 Å². The molecule has 2 aromatic rings. The molecule has 0 radical (unpaired) electrons. The Kier molecular flexibility index (Phi) is 6.77. The summed E-state index contributed by atoms with van der Waals surface area (Å²) in [6.07, 6.45) is 4.07. The van der Waals surface area contributed by atoms with Crippen LogP contribution in [0.1, 0.15) is 42.6 Å². The number of aromatic nitrogens is 2. The standard InChI is InChI=1S/C23H31N3O4S/c1-16-17(2)26(10-11-28-3)22(24-16)31-15-21(27)25-23(8-4-5-9-23)18-6-7-19-20(14-18)30-13-12-29-19/h6-7,14H,4-5,8-13,15H2,1-3H3,(H,25,27). The lowest BCUT2D eigenvalue weighted by Gasteiger charge is -2.32. The number of methoxy groups -OCH3 is 1. The van der Waals surface area contributed by atoms with E-state index in [1.807, 2.05) is 19.1 Å². The SMILES string of the molecule is COCCn1c(SCC(=O)NC2(c3ccc4c(c3)OCCO4)CCCC2)nc(C)c1C. The van der Waals surface area contributed by atoms with Crippen molar-refractivity contribution in [2.24, 2.45) is 0 Å². The molecule has 1 amide bonds. The van der Waals surface area contributed by atoms with E-state index in [4.69, 9.17) is 14.2 Å². The highest BCUT2D eigenvalue weighted by atomic mass is 32.2. The summed E-state index contributed by atoms with van der Waals surface area (Å²) in [6, 6.07) is 6.07. The zero-order valence-corrected chi connectivity index (χ0v) is 19.3. The van der Waals surface area contributed by atoms with Gasteiger partial charge in [0, 0.05) is 19.3 Å². The highest BCUT2D eigenvalue weighted by molar-refractivity contribution is 7.99. The molecule has 1 fully saturated rings. The van der Waals surface area contributed by atoms with Crippen molar-refractivity contribution in [3.63, 3.8) is 0 Å². The van der Waals surface area contributed by atoms with E-state index < -0.39 is 0 Å². The third-order valence-electron chi connectivity index (χ3n) is 6.20. The van der Waals surface area contributed by atoms with Crippen molar-refractivity contribution in [3.8, 4) is 11.5 Å². The number of carbonyl (C=O) groups is 1. The van der Waals surface area contributed by atoms with E-state index in [1.165, 1.54) is 11.8 Å². The van der Waals surface area contributed by atoms with Gasteiger partial charge in [0.15, 0.2) is 16.7 Å². The molecule has 7 nitrogen and oxygen atoms in total. The third kappa shape index (κ3) is 4.70. The van der Waals surface area contributed by atoms with Gasteiger partial charge in [0.25, 0.3) is 0 Å². The van der Waals surface area contributed by atoms with Crippen molar-refractivity contribution in [2.45, 2.75) is 56.8 Å². The summed E-state index contributed by atoms with van der Waals surface area (Å²) in [7, 11) is 1.69. The Balaban J connectivity index is 1.46. The predicted octanol–water partition coefficient (Wildman–Crippen LogP) is 3.60. The Hall–Kier alpha value is -2.19. The Morgan fingerprint density at radius 2 is 1.97 bits per heavy atom. The average Bonchev–Trinajstić information content (AvgIpc) is 3.36. The topological polar surface area (TPSA) is 74.6 Å². The van der Waals surface area contributed by atoms with Crippen molar-refractivity contribution in [3.05, 3.63) is 35.2 Å². The highest BCUT2D eigenvalue weighted by Gasteiger charge is 2.38. The highest BCUT2D eigenvalue weighted by Crippen LogP contribution is 2.42. The Morgan fingerprint density at radius 1 is 1.23 bits per heavy atom. The smallest absolute Gasteiger partial charge is 0.231 e. The van der Waals surface area contributed by atoms with E-state index >= 15 is 0 Å². The second kappa shape index (κ2) is 9.53. The van der Waals surface area contributed by atoms with Crippen molar-refractivity contribution in [1.29, 1.82) is 0 Å². The third-order valence-corrected chi connectivity index (χ3v) is 7.18. The largest absolute Gasteiger partial charge is 0.486 e. The quantitative estimate of drug-likeness (QED) is 0.626. The summed E-state index contributed by atoms with van der Waals surface area (Å²) in [4.78, 5) is 17.7. The molecule has 168 valence electrons. The van der Waals surface area contributed by atoms with E-state index in [0.29, 0.717) is 25.6 Å². The predicted molar refractivity (Wildman–Crippen MR) is 120 cm³/mol. The number of benzene rings is 1. The van der Waals surface area contributed by atoms with Gasteiger partial charge in [0.05, 0.1) is 23.6 Å². The van der Waals surface area contributed by atoms with Crippen LogP contribution in [0.15, 0.2) is 23.4 Å². The zero-order valence-electron chi connectivity index (χ0n) is 18.5. The van der Waals surface area contributed by atoms with Crippen molar-refractivity contribution >= 4 is 17.7 Å². The number of thioether (sulfide) groups is 1. The van der Waals surface area contributed by atoms with Crippen LogP contribution >= 0.6 is 11.8 Å². The fourth-order valence-corrected chi connectivity index (χ4v) is 5.34. The second-order valence-corrected chi connectivity index (χ2v) is 9.14. The normalized spacial score (nSPS) is 17.0. The fraction of sp³-hybridized carbons (Fsp3) is 0.565. The molecule has 0 spiro atoms. The molecule has 0 unspecified atom stereocenters. The van der Waals surface area contributed by atoms with E-state index in [2.05, 4.69) is 27.9 Å². The first-order valence-electron chi connectivity index (χ1n) is 10.9. The summed E-state index contributed by atoms with van der Waals surface area (Å²) in [5.41, 5.74) is 2.86. The molecule has 2 aliphatic rings. The molecule has 0 bridgehead atoms. The number of nitrogens with one attached hydrogen (secondary N) is 1. The van der Waals surface area contributed by atoms with E-state index in [-0.39, 0.29) is 11.4 Å². The van der Waals surface area contributed by atoms with Crippen LogP contribution in [0.25, 0.3) is 0 Å². The minimum absolute atomic E-state index is 0.0263. The summed E-state index contributed by atoms with van der Waals surface area (Å²) in [6.45, 7) is 6.53. The van der Waals surface area contributed by atoms with Crippen LogP contribution in [-0.4, -0.2) is 48.1 Å². The first kappa shape index (κ1) is 22.0. The van der Waals surface area contributed by atoms with Crippen LogP contribution in [0.4, 0.5) is 0 Å². The summed E-state index contributed by atoms with van der Waals surface area (Å²) in [5, 5.41) is 4.21. The number of ether oxygens (including phenoxy) is 3. The Labute approximate surface area is 187 Å². The van der Waals surface area contributed by atoms with Gasteiger partial charge in [-0.2, -0.15) is 0 Å². The van der Waals surface area contributed by atoms with E-state index in [9.17, 15) is 4.79 Å². The monoisotopic (exact) mass is 445 g/mol. The molecule has 1 saturated carbocycles. The number of hydrogen-bond acceptors (Lipinski definition) is 6. The minimum atomic E-state index is -0.342. The molecule has 4 rings (SSSR count).